The van der Waals surface area contributed by atoms with E-state index < -0.39 is 17.6 Å². The maximum absolute atomic E-state index is 13.3. The fourth-order valence-corrected chi connectivity index (χ4v) is 2.09. The lowest BCUT2D eigenvalue weighted by atomic mass is 10.1. The zero-order valence-corrected chi connectivity index (χ0v) is 10.4. The number of benzene rings is 1. The van der Waals surface area contributed by atoms with Crippen LogP contribution in [-0.2, 0) is 6.18 Å². The quantitative estimate of drug-likeness (QED) is 0.702. The summed E-state index contributed by atoms with van der Waals surface area (Å²) in [5.41, 5.74) is 5.38. The Kier molecular flexibility index (Phi) is 2.82. The lowest BCUT2D eigenvalue weighted by molar-refractivity contribution is -0.140. The number of alkyl halides is 3. The first-order chi connectivity index (χ1) is 9.88. The number of nitrogen functional groups attached to an aromatic ring is 1. The Morgan fingerprint density at radius 1 is 1.14 bits per heavy atom. The summed E-state index contributed by atoms with van der Waals surface area (Å²) in [4.78, 5) is 7.87. The third kappa shape index (κ3) is 2.18. The van der Waals surface area contributed by atoms with Crippen LogP contribution in [0.25, 0.3) is 16.7 Å². The number of aromatic nitrogens is 3. The minimum atomic E-state index is -4.78. The van der Waals surface area contributed by atoms with Gasteiger partial charge in [-0.05, 0) is 24.3 Å². The summed E-state index contributed by atoms with van der Waals surface area (Å²) >= 11 is 0. The monoisotopic (exact) mass is 296 g/mol. The molecule has 0 bridgehead atoms. The van der Waals surface area contributed by atoms with E-state index in [1.807, 2.05) is 0 Å². The number of halogens is 4. The fraction of sp³-hybridized carbons (Fsp3) is 0.0769. The molecular formula is C13H8F4N4. The average Bonchev–Trinajstić information content (AvgIpc) is 2.74. The number of rotatable bonds is 1. The molecule has 0 amide bonds. The Morgan fingerprint density at radius 3 is 2.62 bits per heavy atom. The van der Waals surface area contributed by atoms with Crippen LogP contribution < -0.4 is 5.73 Å². The van der Waals surface area contributed by atoms with Crippen LogP contribution >= 0.6 is 0 Å². The van der Waals surface area contributed by atoms with Gasteiger partial charge in [0.15, 0.2) is 0 Å². The summed E-state index contributed by atoms with van der Waals surface area (Å²) in [5.74, 6) is -1.34. The highest BCUT2D eigenvalue weighted by Gasteiger charge is 2.34. The van der Waals surface area contributed by atoms with Crippen LogP contribution in [0.2, 0.25) is 0 Å². The van der Waals surface area contributed by atoms with Crippen molar-refractivity contribution >= 4 is 17.0 Å². The lowest BCUT2D eigenvalue weighted by Gasteiger charge is -2.12. The van der Waals surface area contributed by atoms with E-state index in [2.05, 4.69) is 9.97 Å². The van der Waals surface area contributed by atoms with Gasteiger partial charge in [0, 0.05) is 11.9 Å². The SMILES string of the molecule is Nc1nc2cnccc2n1-c1ccc(F)c(C(F)(F)F)c1. The van der Waals surface area contributed by atoms with Crippen LogP contribution in [0.15, 0.2) is 36.7 Å². The third-order valence-corrected chi connectivity index (χ3v) is 3.00. The molecule has 108 valence electrons. The van der Waals surface area contributed by atoms with Crippen LogP contribution in [0.4, 0.5) is 23.5 Å². The summed E-state index contributed by atoms with van der Waals surface area (Å²) < 4.78 is 53.0. The van der Waals surface area contributed by atoms with Gasteiger partial charge in [0.1, 0.15) is 11.3 Å². The molecule has 0 saturated heterocycles. The molecule has 0 atom stereocenters. The van der Waals surface area contributed by atoms with Crippen molar-refractivity contribution in [2.24, 2.45) is 0 Å². The predicted octanol–water partition coefficient (Wildman–Crippen LogP) is 3.16. The number of nitrogens with zero attached hydrogens (tertiary/aromatic N) is 3. The summed E-state index contributed by atoms with van der Waals surface area (Å²) in [6.07, 6.45) is -1.88. The van der Waals surface area contributed by atoms with E-state index in [1.54, 1.807) is 6.07 Å². The highest BCUT2D eigenvalue weighted by atomic mass is 19.4. The molecule has 0 fully saturated rings. The van der Waals surface area contributed by atoms with Gasteiger partial charge in [0.25, 0.3) is 0 Å². The molecule has 3 aromatic rings. The van der Waals surface area contributed by atoms with Crippen molar-refractivity contribution in [1.82, 2.24) is 14.5 Å². The number of imidazole rings is 1. The van der Waals surface area contributed by atoms with Gasteiger partial charge in [0.2, 0.25) is 5.95 Å². The molecule has 4 nitrogen and oxygen atoms in total. The number of anilines is 1. The smallest absolute Gasteiger partial charge is 0.369 e. The van der Waals surface area contributed by atoms with Crippen molar-refractivity contribution in [3.05, 3.63) is 48.0 Å². The fourth-order valence-electron chi connectivity index (χ4n) is 2.09. The second-order valence-electron chi connectivity index (χ2n) is 4.33. The van der Waals surface area contributed by atoms with Crippen LogP contribution in [-0.4, -0.2) is 14.5 Å². The zero-order valence-electron chi connectivity index (χ0n) is 10.4. The van der Waals surface area contributed by atoms with Crippen LogP contribution in [0.5, 0.6) is 0 Å². The third-order valence-electron chi connectivity index (χ3n) is 3.00. The molecule has 0 spiro atoms. The molecule has 0 saturated carbocycles. The number of pyridine rings is 1. The molecule has 2 heterocycles. The molecule has 21 heavy (non-hydrogen) atoms. The van der Waals surface area contributed by atoms with Gasteiger partial charge >= 0.3 is 6.18 Å². The molecule has 2 aromatic heterocycles. The van der Waals surface area contributed by atoms with E-state index >= 15 is 0 Å². The Labute approximate surface area is 115 Å². The van der Waals surface area contributed by atoms with Crippen LogP contribution in [0.1, 0.15) is 5.56 Å². The second kappa shape index (κ2) is 4.44. The molecule has 0 unspecified atom stereocenters. The Balaban J connectivity index is 2.27. The van der Waals surface area contributed by atoms with E-state index in [-0.39, 0.29) is 11.6 Å². The Hall–Kier alpha value is -2.64. The largest absolute Gasteiger partial charge is 0.419 e. The van der Waals surface area contributed by atoms with Crippen molar-refractivity contribution in [3.8, 4) is 5.69 Å². The van der Waals surface area contributed by atoms with Crippen molar-refractivity contribution in [2.45, 2.75) is 6.18 Å². The normalized spacial score (nSPS) is 12.0. The number of hydrogen-bond acceptors (Lipinski definition) is 3. The Morgan fingerprint density at radius 2 is 1.90 bits per heavy atom. The summed E-state index contributed by atoms with van der Waals surface area (Å²) in [5, 5.41) is 0. The predicted molar refractivity (Wildman–Crippen MR) is 68.2 cm³/mol. The van der Waals surface area contributed by atoms with E-state index in [0.29, 0.717) is 17.1 Å². The van der Waals surface area contributed by atoms with Crippen molar-refractivity contribution in [1.29, 1.82) is 0 Å². The molecular weight excluding hydrogens is 288 g/mol. The topological polar surface area (TPSA) is 56.7 Å². The van der Waals surface area contributed by atoms with Gasteiger partial charge in [-0.3, -0.25) is 9.55 Å². The van der Waals surface area contributed by atoms with Gasteiger partial charge in [0.05, 0.1) is 17.3 Å². The van der Waals surface area contributed by atoms with Crippen LogP contribution in [0, 0.1) is 5.82 Å². The lowest BCUT2D eigenvalue weighted by Crippen LogP contribution is -2.10. The van der Waals surface area contributed by atoms with E-state index in [1.165, 1.54) is 23.0 Å². The van der Waals surface area contributed by atoms with E-state index in [0.717, 1.165) is 6.07 Å². The van der Waals surface area contributed by atoms with E-state index in [4.69, 9.17) is 5.73 Å². The van der Waals surface area contributed by atoms with Gasteiger partial charge in [-0.15, -0.1) is 0 Å². The molecule has 0 aliphatic rings. The summed E-state index contributed by atoms with van der Waals surface area (Å²) in [6.45, 7) is 0. The minimum absolute atomic E-state index is 0.00210. The van der Waals surface area contributed by atoms with Gasteiger partial charge < -0.3 is 5.73 Å². The first-order valence-electron chi connectivity index (χ1n) is 5.83. The minimum Gasteiger partial charge on any atom is -0.369 e. The van der Waals surface area contributed by atoms with Gasteiger partial charge in [-0.25, -0.2) is 9.37 Å². The van der Waals surface area contributed by atoms with Gasteiger partial charge in [-0.1, -0.05) is 0 Å². The first-order valence-corrected chi connectivity index (χ1v) is 5.83. The van der Waals surface area contributed by atoms with Crippen molar-refractivity contribution in [3.63, 3.8) is 0 Å². The molecule has 0 aliphatic heterocycles. The maximum atomic E-state index is 13.3. The molecule has 8 heteroatoms. The van der Waals surface area contributed by atoms with Gasteiger partial charge in [-0.2, -0.15) is 13.2 Å². The molecule has 0 aliphatic carbocycles. The number of fused-ring (bicyclic) bond motifs is 1. The molecule has 3 rings (SSSR count). The molecule has 2 N–H and O–H groups in total. The second-order valence-corrected chi connectivity index (χ2v) is 4.33. The summed E-state index contributed by atoms with van der Waals surface area (Å²) in [6, 6.07) is 4.23. The number of hydrogen-bond donors (Lipinski definition) is 1. The average molecular weight is 296 g/mol. The Bertz CT molecular complexity index is 823. The van der Waals surface area contributed by atoms with Crippen LogP contribution in [0.3, 0.4) is 0 Å². The molecule has 1 aromatic carbocycles. The number of nitrogens with two attached hydrogens (primary N) is 1. The van der Waals surface area contributed by atoms with Crippen molar-refractivity contribution < 1.29 is 17.6 Å². The first kappa shape index (κ1) is 13.3. The molecule has 0 radical (unpaired) electrons. The maximum Gasteiger partial charge on any atom is 0.419 e. The zero-order chi connectivity index (χ0) is 15.2. The summed E-state index contributed by atoms with van der Waals surface area (Å²) in [7, 11) is 0. The standard InChI is InChI=1S/C13H8F4N4/c14-9-2-1-7(5-8(9)13(15,16)17)21-11-3-4-19-6-10(11)20-12(21)18/h1-6H,(H2,18,20). The van der Waals surface area contributed by atoms with Crippen molar-refractivity contribution in [2.75, 3.05) is 5.73 Å². The highest BCUT2D eigenvalue weighted by Crippen LogP contribution is 2.33. The van der Waals surface area contributed by atoms with E-state index in [9.17, 15) is 17.6 Å². The highest BCUT2D eigenvalue weighted by molar-refractivity contribution is 5.79.